The van der Waals surface area contributed by atoms with Gasteiger partial charge in [0, 0.05) is 17.7 Å². The highest BCUT2D eigenvalue weighted by atomic mass is 19.1. The SMILES string of the molecule is CC(C)(C)OC(=O)C(NCc1cc(F)cnc1N)C(C(=O)OC(C)(C)C)N1Cc2cc(F)cnc2NC1=O. The maximum absolute atomic E-state index is 13.9. The largest absolute Gasteiger partial charge is 0.459 e. The number of halogens is 2. The highest BCUT2D eigenvalue weighted by molar-refractivity contribution is 5.96. The average Bonchev–Trinajstić information content (AvgIpc) is 2.76. The molecule has 2 aromatic heterocycles. The summed E-state index contributed by atoms with van der Waals surface area (Å²) in [5, 5.41) is 5.38. The van der Waals surface area contributed by atoms with Crippen molar-refractivity contribution < 1.29 is 32.6 Å². The van der Waals surface area contributed by atoms with Crippen molar-refractivity contribution in [1.82, 2.24) is 20.2 Å². The molecular formula is C25H32F2N6O5. The first-order valence-corrected chi connectivity index (χ1v) is 11.8. The normalized spacial score (nSPS) is 15.3. The summed E-state index contributed by atoms with van der Waals surface area (Å²) in [5.74, 6) is -2.99. The van der Waals surface area contributed by atoms with E-state index < -0.39 is 52.9 Å². The van der Waals surface area contributed by atoms with Gasteiger partial charge in [0.05, 0.1) is 18.9 Å². The number of rotatable bonds is 7. The quantitative estimate of drug-likeness (QED) is 0.456. The second kappa shape index (κ2) is 10.9. The van der Waals surface area contributed by atoms with Crippen LogP contribution in [0.1, 0.15) is 52.7 Å². The molecule has 13 heteroatoms. The molecule has 206 valence electrons. The van der Waals surface area contributed by atoms with E-state index in [2.05, 4.69) is 20.6 Å². The Balaban J connectivity index is 2.06. The minimum Gasteiger partial charge on any atom is -0.459 e. The fourth-order valence-electron chi connectivity index (χ4n) is 3.72. The molecule has 0 fully saturated rings. The lowest BCUT2D eigenvalue weighted by Crippen LogP contribution is -2.62. The maximum atomic E-state index is 13.9. The van der Waals surface area contributed by atoms with E-state index in [1.54, 1.807) is 41.5 Å². The predicted molar refractivity (Wildman–Crippen MR) is 133 cm³/mol. The van der Waals surface area contributed by atoms with Crippen molar-refractivity contribution in [3.8, 4) is 0 Å². The smallest absolute Gasteiger partial charge is 0.331 e. The monoisotopic (exact) mass is 534 g/mol. The van der Waals surface area contributed by atoms with Gasteiger partial charge in [0.1, 0.15) is 40.5 Å². The number of carbonyl (C=O) groups is 3. The maximum Gasteiger partial charge on any atom is 0.331 e. The van der Waals surface area contributed by atoms with Crippen LogP contribution in [0.2, 0.25) is 0 Å². The van der Waals surface area contributed by atoms with Crippen LogP contribution in [0, 0.1) is 11.6 Å². The Bertz CT molecular complexity index is 1230. The van der Waals surface area contributed by atoms with Crippen molar-refractivity contribution in [3.63, 3.8) is 0 Å². The third-order valence-corrected chi connectivity index (χ3v) is 5.20. The summed E-state index contributed by atoms with van der Waals surface area (Å²) in [4.78, 5) is 48.8. The molecule has 2 atom stereocenters. The Morgan fingerprint density at radius 3 is 2.26 bits per heavy atom. The number of urea groups is 1. The Labute approximate surface area is 219 Å². The van der Waals surface area contributed by atoms with E-state index >= 15 is 0 Å². The average molecular weight is 535 g/mol. The summed E-state index contributed by atoms with van der Waals surface area (Å²) < 4.78 is 38.9. The molecule has 0 radical (unpaired) electrons. The second-order valence-electron chi connectivity index (χ2n) is 10.8. The van der Waals surface area contributed by atoms with Gasteiger partial charge in [0.15, 0.2) is 6.04 Å². The van der Waals surface area contributed by atoms with Crippen LogP contribution in [-0.2, 0) is 32.2 Å². The van der Waals surface area contributed by atoms with Gasteiger partial charge < -0.3 is 20.1 Å². The van der Waals surface area contributed by atoms with Gasteiger partial charge in [-0.1, -0.05) is 0 Å². The number of aromatic nitrogens is 2. The minimum absolute atomic E-state index is 0.00171. The molecule has 0 aromatic carbocycles. The molecule has 0 bridgehead atoms. The van der Waals surface area contributed by atoms with Crippen LogP contribution in [-0.4, -0.2) is 56.1 Å². The number of nitrogen functional groups attached to an aromatic ring is 1. The fraction of sp³-hybridized carbons (Fsp3) is 0.480. The summed E-state index contributed by atoms with van der Waals surface area (Å²) in [6, 6.07) is -1.56. The first-order chi connectivity index (χ1) is 17.5. The molecular weight excluding hydrogens is 502 g/mol. The topological polar surface area (TPSA) is 149 Å². The van der Waals surface area contributed by atoms with Crippen molar-refractivity contribution in [1.29, 1.82) is 0 Å². The third-order valence-electron chi connectivity index (χ3n) is 5.20. The number of hydrogen-bond acceptors (Lipinski definition) is 9. The predicted octanol–water partition coefficient (Wildman–Crippen LogP) is 2.89. The van der Waals surface area contributed by atoms with Crippen LogP contribution in [0.15, 0.2) is 24.5 Å². The van der Waals surface area contributed by atoms with Gasteiger partial charge in [-0.15, -0.1) is 0 Å². The van der Waals surface area contributed by atoms with Crippen molar-refractivity contribution >= 4 is 29.6 Å². The summed E-state index contributed by atoms with van der Waals surface area (Å²) in [5.41, 5.74) is 4.41. The van der Waals surface area contributed by atoms with Crippen LogP contribution >= 0.6 is 0 Å². The zero-order valence-electron chi connectivity index (χ0n) is 22.1. The van der Waals surface area contributed by atoms with E-state index in [1.807, 2.05) is 0 Å². The van der Waals surface area contributed by atoms with Crippen molar-refractivity contribution in [3.05, 3.63) is 47.3 Å². The number of ether oxygens (including phenoxy) is 2. The number of fused-ring (bicyclic) bond motifs is 1. The molecule has 3 rings (SSSR count). The lowest BCUT2D eigenvalue weighted by atomic mass is 10.0. The van der Waals surface area contributed by atoms with E-state index in [4.69, 9.17) is 15.2 Å². The molecule has 1 aliphatic rings. The first kappa shape index (κ1) is 28.7. The second-order valence-corrected chi connectivity index (χ2v) is 10.8. The zero-order chi connectivity index (χ0) is 28.4. The number of amides is 2. The van der Waals surface area contributed by atoms with E-state index in [1.165, 1.54) is 0 Å². The van der Waals surface area contributed by atoms with Crippen LogP contribution < -0.4 is 16.4 Å². The van der Waals surface area contributed by atoms with E-state index in [0.717, 1.165) is 29.4 Å². The molecule has 0 spiro atoms. The minimum atomic E-state index is -1.58. The molecule has 0 aliphatic carbocycles. The lowest BCUT2D eigenvalue weighted by molar-refractivity contribution is -0.170. The Kier molecular flexibility index (Phi) is 8.20. The van der Waals surface area contributed by atoms with Crippen LogP contribution in [0.25, 0.3) is 0 Å². The number of esters is 2. The van der Waals surface area contributed by atoms with Gasteiger partial charge in [0.2, 0.25) is 0 Å². The number of anilines is 2. The molecule has 0 saturated heterocycles. The van der Waals surface area contributed by atoms with Crippen LogP contribution in [0.3, 0.4) is 0 Å². The van der Waals surface area contributed by atoms with E-state index in [0.29, 0.717) is 0 Å². The standard InChI is InChI=1S/C25H32F2N6O5/c1-24(2,3)37-21(34)17(29-9-13-7-15(26)10-30-19(13)28)18(22(35)38-25(4,5)6)33-12-14-8-16(27)11-31-20(14)32-23(33)36/h7-8,10-11,17-18,29H,9,12H2,1-6H3,(H2,28,30)(H,31,32,36). The van der Waals surface area contributed by atoms with Crippen molar-refractivity contribution in [2.24, 2.45) is 0 Å². The highest BCUT2D eigenvalue weighted by Crippen LogP contribution is 2.27. The Morgan fingerprint density at radius 2 is 1.63 bits per heavy atom. The van der Waals surface area contributed by atoms with Gasteiger partial charge in [-0.25, -0.2) is 28.3 Å². The molecule has 11 nitrogen and oxygen atoms in total. The number of carbonyl (C=O) groups excluding carboxylic acids is 3. The van der Waals surface area contributed by atoms with Gasteiger partial charge in [-0.3, -0.25) is 15.4 Å². The number of nitrogens with zero attached hydrogens (tertiary/aromatic N) is 3. The summed E-state index contributed by atoms with van der Waals surface area (Å²) in [6.07, 6.45) is 1.89. The number of pyridine rings is 2. The highest BCUT2D eigenvalue weighted by Gasteiger charge is 2.46. The molecule has 3 heterocycles. The molecule has 0 saturated carbocycles. The number of nitrogens with one attached hydrogen (secondary N) is 2. The van der Waals surface area contributed by atoms with Gasteiger partial charge >= 0.3 is 18.0 Å². The molecule has 2 unspecified atom stereocenters. The third kappa shape index (κ3) is 7.34. The van der Waals surface area contributed by atoms with Crippen LogP contribution in [0.5, 0.6) is 0 Å². The lowest BCUT2D eigenvalue weighted by Gasteiger charge is -2.39. The fourth-order valence-corrected chi connectivity index (χ4v) is 3.72. The Morgan fingerprint density at radius 1 is 1.05 bits per heavy atom. The molecule has 38 heavy (non-hydrogen) atoms. The summed E-state index contributed by atoms with van der Waals surface area (Å²) in [7, 11) is 0. The van der Waals surface area contributed by atoms with Crippen molar-refractivity contribution in [2.45, 2.75) is 77.9 Å². The van der Waals surface area contributed by atoms with Crippen LogP contribution in [0.4, 0.5) is 25.2 Å². The molecule has 2 aromatic rings. The molecule has 2 amide bonds. The zero-order valence-corrected chi connectivity index (χ0v) is 22.1. The van der Waals surface area contributed by atoms with Gasteiger partial charge in [-0.05, 0) is 53.7 Å². The molecule has 4 N–H and O–H groups in total. The molecule has 1 aliphatic heterocycles. The number of nitrogens with two attached hydrogens (primary N) is 1. The van der Waals surface area contributed by atoms with Gasteiger partial charge in [0.25, 0.3) is 0 Å². The van der Waals surface area contributed by atoms with Crippen molar-refractivity contribution in [2.75, 3.05) is 11.1 Å². The van der Waals surface area contributed by atoms with E-state index in [9.17, 15) is 23.2 Å². The Hall–Kier alpha value is -3.87. The van der Waals surface area contributed by atoms with Gasteiger partial charge in [-0.2, -0.15) is 0 Å². The summed E-state index contributed by atoms with van der Waals surface area (Å²) in [6.45, 7) is 9.32. The number of hydrogen-bond donors (Lipinski definition) is 3. The summed E-state index contributed by atoms with van der Waals surface area (Å²) >= 11 is 0. The first-order valence-electron chi connectivity index (χ1n) is 11.8. The van der Waals surface area contributed by atoms with E-state index in [-0.39, 0.29) is 35.9 Å².